The van der Waals surface area contributed by atoms with Crippen molar-refractivity contribution < 1.29 is 24.2 Å². The van der Waals surface area contributed by atoms with E-state index in [0.29, 0.717) is 26.2 Å². The van der Waals surface area contributed by atoms with Crippen molar-refractivity contribution in [2.75, 3.05) is 5.32 Å². The smallest absolute Gasteiger partial charge is 0.326 e. The molecule has 2 aromatic rings. The summed E-state index contributed by atoms with van der Waals surface area (Å²) in [6.07, 6.45) is -0.213. The second-order valence-electron chi connectivity index (χ2n) is 7.21. The van der Waals surface area contributed by atoms with Crippen LogP contribution in [-0.4, -0.2) is 40.0 Å². The van der Waals surface area contributed by atoms with E-state index in [-0.39, 0.29) is 17.6 Å². The minimum Gasteiger partial charge on any atom is -0.489 e. The highest BCUT2D eigenvalue weighted by atomic mass is 79.9. The van der Waals surface area contributed by atoms with Crippen LogP contribution in [0.1, 0.15) is 48.5 Å². The van der Waals surface area contributed by atoms with Crippen LogP contribution in [0.5, 0.6) is 5.75 Å². The summed E-state index contributed by atoms with van der Waals surface area (Å²) in [5.74, 6) is -2.02. The molecular weight excluding hydrogens is 522 g/mol. The maximum Gasteiger partial charge on any atom is 0.326 e. The number of benzene rings is 1. The molecule has 30 heavy (non-hydrogen) atoms. The second kappa shape index (κ2) is 10.1. The predicted octanol–water partition coefficient (Wildman–Crippen LogP) is 4.42. The van der Waals surface area contributed by atoms with Crippen LogP contribution in [0.4, 0.5) is 5.69 Å². The van der Waals surface area contributed by atoms with Gasteiger partial charge in [-0.3, -0.25) is 9.59 Å². The Morgan fingerprint density at radius 1 is 1.07 bits per heavy atom. The van der Waals surface area contributed by atoms with Crippen LogP contribution < -0.4 is 15.4 Å². The lowest BCUT2D eigenvalue weighted by Crippen LogP contribution is -2.44. The number of carbonyl (C=O) groups is 3. The molecule has 1 aromatic heterocycles. The molecule has 0 unspecified atom stereocenters. The first-order valence-corrected chi connectivity index (χ1v) is 10.8. The number of aromatic nitrogens is 1. The SMILES string of the molecule is CC(C)Oc1cc(C(=O)N[C@H](C(=O)O)C(C)C)ccc1NC(=O)c1cc(Br)c(Br)[nH]1. The number of nitrogens with one attached hydrogen (secondary N) is 3. The van der Waals surface area contributed by atoms with Gasteiger partial charge in [0.1, 0.15) is 17.5 Å². The molecule has 10 heteroatoms. The van der Waals surface area contributed by atoms with Crippen LogP contribution in [0, 0.1) is 5.92 Å². The highest BCUT2D eigenvalue weighted by Gasteiger charge is 2.24. The van der Waals surface area contributed by atoms with Gasteiger partial charge in [0.05, 0.1) is 20.9 Å². The monoisotopic (exact) mass is 543 g/mol. The number of rotatable bonds is 8. The first kappa shape index (κ1) is 23.9. The minimum absolute atomic E-state index is 0.213. The third kappa shape index (κ3) is 6.09. The summed E-state index contributed by atoms with van der Waals surface area (Å²) in [6, 6.07) is 5.13. The summed E-state index contributed by atoms with van der Waals surface area (Å²) < 4.78 is 7.10. The van der Waals surface area contributed by atoms with Crippen LogP contribution in [0.3, 0.4) is 0 Å². The summed E-state index contributed by atoms with van der Waals surface area (Å²) in [4.78, 5) is 39.4. The Bertz CT molecular complexity index is 936. The molecule has 0 saturated carbocycles. The Morgan fingerprint density at radius 3 is 2.23 bits per heavy atom. The normalized spacial score (nSPS) is 12.0. The van der Waals surface area contributed by atoms with Crippen molar-refractivity contribution in [2.24, 2.45) is 5.92 Å². The van der Waals surface area contributed by atoms with Gasteiger partial charge in [0, 0.05) is 5.56 Å². The van der Waals surface area contributed by atoms with Crippen molar-refractivity contribution in [3.63, 3.8) is 0 Å². The van der Waals surface area contributed by atoms with E-state index in [2.05, 4.69) is 47.5 Å². The zero-order valence-corrected chi connectivity index (χ0v) is 20.0. The van der Waals surface area contributed by atoms with E-state index in [0.717, 1.165) is 0 Å². The molecule has 2 rings (SSSR count). The first-order chi connectivity index (χ1) is 14.0. The molecule has 0 aliphatic rings. The molecule has 1 atom stereocenters. The lowest BCUT2D eigenvalue weighted by atomic mass is 10.0. The number of H-pyrrole nitrogens is 1. The Hall–Kier alpha value is -2.33. The highest BCUT2D eigenvalue weighted by molar-refractivity contribution is 9.13. The number of hydrogen-bond acceptors (Lipinski definition) is 4. The van der Waals surface area contributed by atoms with Crippen molar-refractivity contribution >= 4 is 55.3 Å². The number of amides is 2. The van der Waals surface area contributed by atoms with Crippen molar-refractivity contribution in [3.8, 4) is 5.75 Å². The number of ether oxygens (including phenoxy) is 1. The van der Waals surface area contributed by atoms with Crippen molar-refractivity contribution in [2.45, 2.75) is 39.8 Å². The Kier molecular flexibility index (Phi) is 8.08. The molecule has 8 nitrogen and oxygen atoms in total. The van der Waals surface area contributed by atoms with Gasteiger partial charge in [-0.05, 0) is 75.9 Å². The van der Waals surface area contributed by atoms with Gasteiger partial charge in [-0.15, -0.1) is 0 Å². The molecule has 0 aliphatic heterocycles. The van der Waals surface area contributed by atoms with Gasteiger partial charge >= 0.3 is 5.97 Å². The van der Waals surface area contributed by atoms with Crippen molar-refractivity contribution in [3.05, 3.63) is 44.6 Å². The lowest BCUT2D eigenvalue weighted by Gasteiger charge is -2.19. The van der Waals surface area contributed by atoms with Gasteiger partial charge < -0.3 is 25.5 Å². The van der Waals surface area contributed by atoms with E-state index < -0.39 is 23.8 Å². The van der Waals surface area contributed by atoms with E-state index in [1.54, 1.807) is 26.0 Å². The standard InChI is InChI=1S/C20H23Br2N3O5/c1-9(2)16(20(28)29)25-18(26)11-5-6-13(15(7-11)30-10(3)4)24-19(27)14-8-12(21)17(22)23-14/h5-10,16,23H,1-4H3,(H,24,27)(H,25,26)(H,28,29)/t16-/m0/s1. The molecule has 0 saturated heterocycles. The molecule has 0 aliphatic carbocycles. The first-order valence-electron chi connectivity index (χ1n) is 9.19. The topological polar surface area (TPSA) is 121 Å². The number of anilines is 1. The van der Waals surface area contributed by atoms with Crippen molar-refractivity contribution in [1.82, 2.24) is 10.3 Å². The molecule has 1 heterocycles. The Labute approximate surface area is 191 Å². The fourth-order valence-corrected chi connectivity index (χ4v) is 3.23. The Balaban J connectivity index is 2.29. The highest BCUT2D eigenvalue weighted by Crippen LogP contribution is 2.29. The average Bonchev–Trinajstić information content (AvgIpc) is 2.98. The molecule has 0 spiro atoms. The molecule has 2 amide bonds. The second-order valence-corrected chi connectivity index (χ2v) is 8.86. The summed E-state index contributed by atoms with van der Waals surface area (Å²) in [5.41, 5.74) is 0.930. The maximum atomic E-state index is 12.6. The molecule has 0 fully saturated rings. The van der Waals surface area contributed by atoms with E-state index in [9.17, 15) is 19.5 Å². The van der Waals surface area contributed by atoms with Crippen LogP contribution in [0.2, 0.25) is 0 Å². The summed E-state index contributed by atoms with van der Waals surface area (Å²) >= 11 is 6.60. The number of carboxylic acids is 1. The third-order valence-corrected chi connectivity index (χ3v) is 5.83. The van der Waals surface area contributed by atoms with Crippen LogP contribution in [0.15, 0.2) is 33.3 Å². The zero-order valence-electron chi connectivity index (χ0n) is 16.9. The lowest BCUT2D eigenvalue weighted by molar-refractivity contribution is -0.140. The molecule has 162 valence electrons. The van der Waals surface area contributed by atoms with Gasteiger partial charge in [-0.2, -0.15) is 0 Å². The fourth-order valence-electron chi connectivity index (χ4n) is 2.57. The summed E-state index contributed by atoms with van der Waals surface area (Å²) in [6.45, 7) is 7.05. The molecule has 0 bridgehead atoms. The number of aromatic amines is 1. The average molecular weight is 545 g/mol. The van der Waals surface area contributed by atoms with E-state index in [1.165, 1.54) is 12.1 Å². The molecule has 4 N–H and O–H groups in total. The van der Waals surface area contributed by atoms with Gasteiger partial charge in [0.25, 0.3) is 11.8 Å². The number of carbonyl (C=O) groups excluding carboxylic acids is 2. The maximum absolute atomic E-state index is 12.6. The number of aliphatic carboxylic acids is 1. The van der Waals surface area contributed by atoms with E-state index >= 15 is 0 Å². The number of halogens is 2. The van der Waals surface area contributed by atoms with Gasteiger partial charge in [0.2, 0.25) is 0 Å². The summed E-state index contributed by atoms with van der Waals surface area (Å²) in [5, 5.41) is 14.6. The molecule has 1 aromatic carbocycles. The number of hydrogen-bond donors (Lipinski definition) is 4. The zero-order chi connectivity index (χ0) is 22.6. The third-order valence-electron chi connectivity index (χ3n) is 4.04. The molecular formula is C20H23Br2N3O5. The van der Waals surface area contributed by atoms with Crippen LogP contribution in [0.25, 0.3) is 0 Å². The fraction of sp³-hybridized carbons (Fsp3) is 0.350. The van der Waals surface area contributed by atoms with Crippen LogP contribution in [-0.2, 0) is 4.79 Å². The minimum atomic E-state index is -1.11. The quantitative estimate of drug-likeness (QED) is 0.392. The summed E-state index contributed by atoms with van der Waals surface area (Å²) in [7, 11) is 0. The van der Waals surface area contributed by atoms with Crippen molar-refractivity contribution in [1.29, 1.82) is 0 Å². The molecule has 0 radical (unpaired) electrons. The van der Waals surface area contributed by atoms with E-state index in [4.69, 9.17) is 4.74 Å². The van der Waals surface area contributed by atoms with Gasteiger partial charge in [-0.25, -0.2) is 4.79 Å². The van der Waals surface area contributed by atoms with E-state index in [1.807, 2.05) is 13.8 Å². The predicted molar refractivity (Wildman–Crippen MR) is 120 cm³/mol. The van der Waals surface area contributed by atoms with Gasteiger partial charge in [-0.1, -0.05) is 13.8 Å². The number of carboxylic acid groups (broad SMARTS) is 1. The van der Waals surface area contributed by atoms with Crippen LogP contribution >= 0.6 is 31.9 Å². The Morgan fingerprint density at radius 2 is 1.73 bits per heavy atom. The van der Waals surface area contributed by atoms with Gasteiger partial charge in [0.15, 0.2) is 0 Å². The largest absolute Gasteiger partial charge is 0.489 e.